The van der Waals surface area contributed by atoms with Gasteiger partial charge in [0.05, 0.1) is 18.6 Å². The van der Waals surface area contributed by atoms with Gasteiger partial charge in [0.15, 0.2) is 0 Å². The number of nitrogens with one attached hydrogen (secondary N) is 1. The summed E-state index contributed by atoms with van der Waals surface area (Å²) in [6.45, 7) is -0.188. The lowest BCUT2D eigenvalue weighted by atomic mass is 10.0. The van der Waals surface area contributed by atoms with E-state index in [0.717, 1.165) is 0 Å². The third kappa shape index (κ3) is 3.59. The number of fused-ring (bicyclic) bond motifs is 2. The van der Waals surface area contributed by atoms with E-state index in [1.165, 1.54) is 21.6 Å². The minimum Gasteiger partial charge on any atom is -0.497 e. The van der Waals surface area contributed by atoms with E-state index in [2.05, 4.69) is 5.32 Å². The van der Waals surface area contributed by atoms with Gasteiger partial charge in [0.1, 0.15) is 12.3 Å². The van der Waals surface area contributed by atoms with Crippen molar-refractivity contribution in [3.8, 4) is 5.75 Å². The monoisotopic (exact) mass is 493 g/mol. The fourth-order valence-electron chi connectivity index (χ4n) is 4.32. The first-order valence-corrected chi connectivity index (χ1v) is 11.9. The van der Waals surface area contributed by atoms with Crippen molar-refractivity contribution in [2.75, 3.05) is 34.5 Å². The maximum Gasteiger partial charge on any atom is 0.269 e. The number of thioether (sulfide) groups is 1. The van der Waals surface area contributed by atoms with Crippen molar-refractivity contribution >= 4 is 58.1 Å². The van der Waals surface area contributed by atoms with Crippen LogP contribution in [0.4, 0.5) is 17.1 Å². The fourth-order valence-corrected chi connectivity index (χ4v) is 5.81. The van der Waals surface area contributed by atoms with Crippen molar-refractivity contribution in [3.63, 3.8) is 0 Å². The van der Waals surface area contributed by atoms with Gasteiger partial charge in [-0.1, -0.05) is 29.8 Å². The molecule has 0 radical (unpaired) electrons. The molecule has 2 heterocycles. The largest absolute Gasteiger partial charge is 0.497 e. The Morgan fingerprint density at radius 1 is 1.06 bits per heavy atom. The van der Waals surface area contributed by atoms with Gasteiger partial charge in [0.2, 0.25) is 16.7 Å². The zero-order valence-electron chi connectivity index (χ0n) is 18.2. The minimum absolute atomic E-state index is 0.147. The van der Waals surface area contributed by atoms with Crippen LogP contribution in [0.25, 0.3) is 0 Å². The van der Waals surface area contributed by atoms with E-state index >= 15 is 0 Å². The van der Waals surface area contributed by atoms with Crippen LogP contribution in [0.5, 0.6) is 5.75 Å². The molecule has 0 bridgehead atoms. The smallest absolute Gasteiger partial charge is 0.269 e. The minimum atomic E-state index is -1.28. The van der Waals surface area contributed by atoms with Crippen molar-refractivity contribution in [3.05, 3.63) is 83.4 Å². The predicted molar refractivity (Wildman–Crippen MR) is 133 cm³/mol. The average molecular weight is 494 g/mol. The van der Waals surface area contributed by atoms with Gasteiger partial charge in [0.25, 0.3) is 5.91 Å². The van der Waals surface area contributed by atoms with Gasteiger partial charge in [-0.15, -0.1) is 11.8 Å². The number of carbonyl (C=O) groups excluding carboxylic acids is 3. The SMILES string of the molecule is COc1ccc(NC(=O)CN2C(=O)[C@@]3(SCC(=O)N3c3ccc(Cl)cc3)c3ccccc32)cc1. The number of anilines is 3. The summed E-state index contributed by atoms with van der Waals surface area (Å²) >= 11 is 7.31. The molecular formula is C25H20ClN3O4S. The molecule has 3 aromatic carbocycles. The fraction of sp³-hybridized carbons (Fsp3) is 0.160. The highest BCUT2D eigenvalue weighted by atomic mass is 35.5. The standard InChI is InChI=1S/C25H20ClN3O4S/c1-33-19-12-8-17(9-13-19)27-22(30)14-28-21-5-3-2-4-20(21)25(24(28)32)29(23(31)15-34-25)18-10-6-16(26)7-11-18/h2-13H,14-15H2,1H3,(H,27,30)/t25-/m0/s1. The molecule has 1 saturated heterocycles. The number of amides is 3. The van der Waals surface area contributed by atoms with Crippen LogP contribution in [0.15, 0.2) is 72.8 Å². The molecule has 0 saturated carbocycles. The topological polar surface area (TPSA) is 79.0 Å². The van der Waals surface area contributed by atoms with Crippen LogP contribution < -0.4 is 19.9 Å². The van der Waals surface area contributed by atoms with Crippen LogP contribution in [0.1, 0.15) is 5.56 Å². The van der Waals surface area contributed by atoms with Gasteiger partial charge in [-0.25, -0.2) is 0 Å². The van der Waals surface area contributed by atoms with Gasteiger partial charge in [0, 0.05) is 22.0 Å². The highest BCUT2D eigenvalue weighted by Crippen LogP contribution is 2.55. The van der Waals surface area contributed by atoms with E-state index in [-0.39, 0.29) is 30.0 Å². The zero-order valence-corrected chi connectivity index (χ0v) is 19.7. The summed E-state index contributed by atoms with van der Waals surface area (Å²) in [6, 6.07) is 21.0. The molecule has 1 atom stereocenters. The van der Waals surface area contributed by atoms with E-state index in [1.54, 1.807) is 61.7 Å². The molecule has 34 heavy (non-hydrogen) atoms. The molecular weight excluding hydrogens is 474 g/mol. The number of benzene rings is 3. The molecule has 2 aliphatic rings. The highest BCUT2D eigenvalue weighted by Gasteiger charge is 2.61. The second-order valence-corrected chi connectivity index (χ2v) is 9.43. The quantitative estimate of drug-likeness (QED) is 0.574. The van der Waals surface area contributed by atoms with Crippen molar-refractivity contribution in [1.29, 1.82) is 0 Å². The Kier molecular flexibility index (Phi) is 5.71. The van der Waals surface area contributed by atoms with E-state index in [9.17, 15) is 14.4 Å². The molecule has 3 amide bonds. The van der Waals surface area contributed by atoms with Crippen molar-refractivity contribution in [1.82, 2.24) is 0 Å². The number of hydrogen-bond acceptors (Lipinski definition) is 5. The van der Waals surface area contributed by atoms with Gasteiger partial charge in [-0.3, -0.25) is 24.2 Å². The van der Waals surface area contributed by atoms with E-state index < -0.39 is 4.87 Å². The van der Waals surface area contributed by atoms with E-state index in [1.807, 2.05) is 18.2 Å². The average Bonchev–Trinajstić information content (AvgIpc) is 3.31. The molecule has 7 nitrogen and oxygen atoms in total. The normalized spacial score (nSPS) is 19.0. The summed E-state index contributed by atoms with van der Waals surface area (Å²) in [6.07, 6.45) is 0. The van der Waals surface area contributed by atoms with Crippen LogP contribution >= 0.6 is 23.4 Å². The number of rotatable bonds is 5. The molecule has 9 heteroatoms. The first-order valence-electron chi connectivity index (χ1n) is 10.5. The summed E-state index contributed by atoms with van der Waals surface area (Å²) in [4.78, 5) is 41.5. The lowest BCUT2D eigenvalue weighted by Gasteiger charge is -2.33. The van der Waals surface area contributed by atoms with Gasteiger partial charge in [-0.05, 0) is 54.6 Å². The Bertz CT molecular complexity index is 1280. The maximum atomic E-state index is 13.9. The van der Waals surface area contributed by atoms with Crippen LogP contribution in [0, 0.1) is 0 Å². The molecule has 172 valence electrons. The molecule has 0 aliphatic carbocycles. The molecule has 2 aliphatic heterocycles. The number of para-hydroxylation sites is 1. The van der Waals surface area contributed by atoms with Crippen LogP contribution in [-0.4, -0.2) is 37.1 Å². The molecule has 5 rings (SSSR count). The Morgan fingerprint density at radius 2 is 1.76 bits per heavy atom. The first kappa shape index (κ1) is 22.3. The Hall–Kier alpha value is -3.49. The number of methoxy groups -OCH3 is 1. The Morgan fingerprint density at radius 3 is 2.47 bits per heavy atom. The summed E-state index contributed by atoms with van der Waals surface area (Å²) in [5.41, 5.74) is 2.46. The summed E-state index contributed by atoms with van der Waals surface area (Å²) in [5.74, 6) is -0.0369. The van der Waals surface area contributed by atoms with Crippen molar-refractivity contribution in [2.24, 2.45) is 0 Å². The van der Waals surface area contributed by atoms with Crippen molar-refractivity contribution < 1.29 is 19.1 Å². The number of nitrogens with zero attached hydrogens (tertiary/aromatic N) is 2. The van der Waals surface area contributed by atoms with E-state index in [0.29, 0.717) is 33.4 Å². The summed E-state index contributed by atoms with van der Waals surface area (Å²) in [5, 5.41) is 3.35. The molecule has 0 aromatic heterocycles. The lowest BCUT2D eigenvalue weighted by molar-refractivity contribution is -0.124. The van der Waals surface area contributed by atoms with Crippen molar-refractivity contribution in [2.45, 2.75) is 4.87 Å². The number of halogens is 1. The zero-order chi connectivity index (χ0) is 23.9. The summed E-state index contributed by atoms with van der Waals surface area (Å²) < 4.78 is 5.14. The van der Waals surface area contributed by atoms with Gasteiger partial charge >= 0.3 is 0 Å². The predicted octanol–water partition coefficient (Wildman–Crippen LogP) is 4.27. The second kappa shape index (κ2) is 8.70. The van der Waals surface area contributed by atoms with Crippen LogP contribution in [0.2, 0.25) is 5.02 Å². The molecule has 1 fully saturated rings. The Balaban J connectivity index is 1.48. The molecule has 1 spiro atoms. The highest BCUT2D eigenvalue weighted by molar-refractivity contribution is 8.02. The number of hydrogen-bond donors (Lipinski definition) is 1. The maximum absolute atomic E-state index is 13.9. The third-order valence-electron chi connectivity index (χ3n) is 5.82. The third-order valence-corrected chi connectivity index (χ3v) is 7.46. The number of carbonyl (C=O) groups is 3. The lowest BCUT2D eigenvalue weighted by Crippen LogP contribution is -2.50. The van der Waals surface area contributed by atoms with Crippen LogP contribution in [-0.2, 0) is 19.3 Å². The molecule has 3 aromatic rings. The molecule has 1 N–H and O–H groups in total. The summed E-state index contributed by atoms with van der Waals surface area (Å²) in [7, 11) is 1.57. The molecule has 0 unspecified atom stereocenters. The van der Waals surface area contributed by atoms with Gasteiger partial charge in [-0.2, -0.15) is 0 Å². The van der Waals surface area contributed by atoms with E-state index in [4.69, 9.17) is 16.3 Å². The first-order chi connectivity index (χ1) is 16.4. The Labute approximate surface area is 205 Å². The second-order valence-electron chi connectivity index (χ2n) is 7.82. The van der Waals surface area contributed by atoms with Crippen LogP contribution in [0.3, 0.4) is 0 Å². The van der Waals surface area contributed by atoms with Gasteiger partial charge < -0.3 is 10.1 Å². The number of ether oxygens (including phenoxy) is 1.